The van der Waals surface area contributed by atoms with Crippen LogP contribution in [0.15, 0.2) is 53.1 Å². The topological polar surface area (TPSA) is 95.6 Å². The maximum Gasteiger partial charge on any atom is 0.282 e. The lowest BCUT2D eigenvalue weighted by atomic mass is 10.1. The zero-order valence-corrected chi connectivity index (χ0v) is 14.7. The number of nitrogens with two attached hydrogens (primary N) is 1. The van der Waals surface area contributed by atoms with Gasteiger partial charge in [0.1, 0.15) is 0 Å². The Bertz CT molecular complexity index is 1050. The summed E-state index contributed by atoms with van der Waals surface area (Å²) >= 11 is 5.90. The third-order valence-electron chi connectivity index (χ3n) is 4.00. The lowest BCUT2D eigenvalue weighted by Crippen LogP contribution is -2.02. The Morgan fingerprint density at radius 2 is 1.96 bits per heavy atom. The number of halogens is 1. The highest BCUT2D eigenvalue weighted by atomic mass is 35.5. The number of aryl methyl sites for hydroxylation is 1. The number of benzene rings is 2. The smallest absolute Gasteiger partial charge is 0.282 e. The quantitative estimate of drug-likeness (QED) is 0.590. The molecule has 7 nitrogen and oxygen atoms in total. The molecule has 4 rings (SSSR count). The summed E-state index contributed by atoms with van der Waals surface area (Å²) in [7, 11) is 0. The fourth-order valence-corrected chi connectivity index (χ4v) is 2.70. The Kier molecular flexibility index (Phi) is 4.14. The first-order valence-electron chi connectivity index (χ1n) is 8.06. The minimum atomic E-state index is 0.213. The zero-order chi connectivity index (χ0) is 18.1. The van der Waals surface area contributed by atoms with E-state index in [0.717, 1.165) is 17.7 Å². The van der Waals surface area contributed by atoms with Crippen molar-refractivity contribution in [1.29, 1.82) is 0 Å². The summed E-state index contributed by atoms with van der Waals surface area (Å²) in [4.78, 5) is 4.37. The van der Waals surface area contributed by atoms with E-state index in [2.05, 4.69) is 27.4 Å². The van der Waals surface area contributed by atoms with E-state index in [1.165, 1.54) is 5.56 Å². The molecule has 0 saturated carbocycles. The molecule has 0 saturated heterocycles. The summed E-state index contributed by atoms with van der Waals surface area (Å²) in [5.74, 6) is 0.980. The van der Waals surface area contributed by atoms with Crippen molar-refractivity contribution in [2.24, 2.45) is 0 Å². The summed E-state index contributed by atoms with van der Waals surface area (Å²) in [6.45, 7) is 2.09. The van der Waals surface area contributed by atoms with Crippen LogP contribution >= 0.6 is 11.6 Å². The number of nitrogens with zero attached hydrogens (tertiary/aromatic N) is 5. The van der Waals surface area contributed by atoms with Crippen molar-refractivity contribution in [3.63, 3.8) is 0 Å². The Balaban J connectivity index is 1.69. The van der Waals surface area contributed by atoms with Crippen LogP contribution in [0.1, 0.15) is 12.5 Å². The highest BCUT2D eigenvalue weighted by Crippen LogP contribution is 2.27. The molecular formula is C18H15ClN6O. The van der Waals surface area contributed by atoms with Gasteiger partial charge in [-0.2, -0.15) is 9.67 Å². The number of nitrogen functional groups attached to an aromatic ring is 1. The van der Waals surface area contributed by atoms with Gasteiger partial charge in [-0.1, -0.05) is 41.0 Å². The van der Waals surface area contributed by atoms with Crippen LogP contribution in [0.5, 0.6) is 0 Å². The van der Waals surface area contributed by atoms with Crippen molar-refractivity contribution in [3.8, 4) is 28.7 Å². The van der Waals surface area contributed by atoms with E-state index in [0.29, 0.717) is 22.4 Å². The van der Waals surface area contributed by atoms with Gasteiger partial charge in [0.05, 0.1) is 5.69 Å². The normalized spacial score (nSPS) is 11.0. The number of rotatable bonds is 4. The maximum absolute atomic E-state index is 6.22. The fraction of sp³-hybridized carbons (Fsp3) is 0.111. The van der Waals surface area contributed by atoms with Gasteiger partial charge in [-0.25, -0.2) is 0 Å². The van der Waals surface area contributed by atoms with Crippen LogP contribution in [0.3, 0.4) is 0 Å². The highest BCUT2D eigenvalue weighted by molar-refractivity contribution is 6.30. The minimum Gasteiger partial charge on any atom is -0.382 e. The standard InChI is InChI=1S/C18H15ClN6O/c1-2-11-4-3-5-14(10-11)25-16(20)15(22-24-25)18-21-17(23-26-18)12-6-8-13(19)9-7-12/h3-10H,2,20H2,1H3. The second-order valence-corrected chi connectivity index (χ2v) is 6.13. The van der Waals surface area contributed by atoms with E-state index >= 15 is 0 Å². The predicted molar refractivity (Wildman–Crippen MR) is 98.9 cm³/mol. The molecule has 0 atom stereocenters. The SMILES string of the molecule is CCc1cccc(-n2nnc(-c3nc(-c4ccc(Cl)cc4)no3)c2N)c1. The molecule has 4 aromatic rings. The molecule has 2 N–H and O–H groups in total. The molecule has 0 aliphatic carbocycles. The van der Waals surface area contributed by atoms with Crippen molar-refractivity contribution in [1.82, 2.24) is 25.1 Å². The molecule has 0 unspecified atom stereocenters. The van der Waals surface area contributed by atoms with Crippen molar-refractivity contribution in [3.05, 3.63) is 59.1 Å². The van der Waals surface area contributed by atoms with Crippen molar-refractivity contribution >= 4 is 17.4 Å². The Morgan fingerprint density at radius 3 is 2.73 bits per heavy atom. The second-order valence-electron chi connectivity index (χ2n) is 5.69. The van der Waals surface area contributed by atoms with Crippen LogP contribution < -0.4 is 5.73 Å². The molecule has 0 fully saturated rings. The molecule has 26 heavy (non-hydrogen) atoms. The Morgan fingerprint density at radius 1 is 1.15 bits per heavy atom. The van der Waals surface area contributed by atoms with Gasteiger partial charge >= 0.3 is 0 Å². The maximum atomic E-state index is 6.22. The summed E-state index contributed by atoms with van der Waals surface area (Å²) in [6, 6.07) is 15.1. The molecule has 0 spiro atoms. The van der Waals surface area contributed by atoms with Gasteiger partial charge in [-0.3, -0.25) is 0 Å². The Labute approximate surface area is 154 Å². The highest BCUT2D eigenvalue weighted by Gasteiger charge is 2.19. The van der Waals surface area contributed by atoms with Crippen LogP contribution in [-0.4, -0.2) is 25.1 Å². The first kappa shape index (κ1) is 16.3. The summed E-state index contributed by atoms with van der Waals surface area (Å²) in [6.07, 6.45) is 0.920. The lowest BCUT2D eigenvalue weighted by molar-refractivity contribution is 0.431. The van der Waals surface area contributed by atoms with E-state index in [9.17, 15) is 0 Å². The van der Waals surface area contributed by atoms with Gasteiger partial charge in [-0.15, -0.1) is 5.10 Å². The molecule has 0 amide bonds. The summed E-state index contributed by atoms with van der Waals surface area (Å²) < 4.78 is 6.88. The second kappa shape index (κ2) is 6.61. The Hall–Kier alpha value is -3.19. The summed E-state index contributed by atoms with van der Waals surface area (Å²) in [5, 5.41) is 12.9. The van der Waals surface area contributed by atoms with Crippen LogP contribution in [0.25, 0.3) is 28.7 Å². The first-order chi connectivity index (χ1) is 12.7. The zero-order valence-electron chi connectivity index (χ0n) is 13.9. The van der Waals surface area contributed by atoms with Gasteiger partial charge in [0.15, 0.2) is 11.5 Å². The molecular weight excluding hydrogens is 352 g/mol. The van der Waals surface area contributed by atoms with Crippen molar-refractivity contribution < 1.29 is 4.52 Å². The largest absolute Gasteiger partial charge is 0.382 e. The third kappa shape index (κ3) is 2.93. The number of aromatic nitrogens is 5. The van der Waals surface area contributed by atoms with Crippen LogP contribution in [0, 0.1) is 0 Å². The van der Waals surface area contributed by atoms with Gasteiger partial charge in [0.25, 0.3) is 5.89 Å². The summed E-state index contributed by atoms with van der Waals surface area (Å²) in [5.41, 5.74) is 9.36. The molecule has 2 heterocycles. The van der Waals surface area contributed by atoms with Gasteiger partial charge < -0.3 is 10.3 Å². The van der Waals surface area contributed by atoms with E-state index in [4.69, 9.17) is 21.9 Å². The van der Waals surface area contributed by atoms with Gasteiger partial charge in [0.2, 0.25) is 5.82 Å². The first-order valence-corrected chi connectivity index (χ1v) is 8.44. The molecule has 130 valence electrons. The van der Waals surface area contributed by atoms with Crippen LogP contribution in [-0.2, 0) is 6.42 Å². The molecule has 0 bridgehead atoms. The molecule has 0 radical (unpaired) electrons. The van der Waals surface area contributed by atoms with E-state index < -0.39 is 0 Å². The fourth-order valence-electron chi connectivity index (χ4n) is 2.58. The molecule has 0 aliphatic rings. The van der Waals surface area contributed by atoms with Gasteiger partial charge in [0, 0.05) is 10.6 Å². The monoisotopic (exact) mass is 366 g/mol. The lowest BCUT2D eigenvalue weighted by Gasteiger charge is -2.04. The van der Waals surface area contributed by atoms with Crippen LogP contribution in [0.2, 0.25) is 5.02 Å². The average Bonchev–Trinajstić information content (AvgIpc) is 3.29. The van der Waals surface area contributed by atoms with Crippen molar-refractivity contribution in [2.45, 2.75) is 13.3 Å². The molecule has 0 aliphatic heterocycles. The number of hydrogen-bond donors (Lipinski definition) is 1. The van der Waals surface area contributed by atoms with E-state index in [1.54, 1.807) is 16.8 Å². The minimum absolute atomic E-state index is 0.213. The predicted octanol–water partition coefficient (Wildman–Crippen LogP) is 3.78. The van der Waals surface area contributed by atoms with Crippen molar-refractivity contribution in [2.75, 3.05) is 5.73 Å². The van der Waals surface area contributed by atoms with E-state index in [1.807, 2.05) is 36.4 Å². The number of hydrogen-bond acceptors (Lipinski definition) is 6. The average molecular weight is 367 g/mol. The molecule has 2 aromatic heterocycles. The molecule has 2 aromatic carbocycles. The molecule has 8 heteroatoms. The van der Waals surface area contributed by atoms with Crippen LogP contribution in [0.4, 0.5) is 5.82 Å². The number of anilines is 1. The third-order valence-corrected chi connectivity index (χ3v) is 4.25. The van der Waals surface area contributed by atoms with E-state index in [-0.39, 0.29) is 5.89 Å². The van der Waals surface area contributed by atoms with Gasteiger partial charge in [-0.05, 0) is 48.4 Å².